The van der Waals surface area contributed by atoms with Gasteiger partial charge < -0.3 is 5.32 Å². The van der Waals surface area contributed by atoms with E-state index < -0.39 is 23.3 Å². The van der Waals surface area contributed by atoms with Gasteiger partial charge in [0.25, 0.3) is 5.91 Å². The summed E-state index contributed by atoms with van der Waals surface area (Å²) in [4.78, 5) is 19.0. The summed E-state index contributed by atoms with van der Waals surface area (Å²) >= 11 is 0. The second-order valence-electron chi connectivity index (χ2n) is 3.57. The van der Waals surface area contributed by atoms with Crippen molar-refractivity contribution in [2.75, 3.05) is 5.32 Å². The molecular formula is C12H8F3N3O. The van der Waals surface area contributed by atoms with Crippen LogP contribution in [0.4, 0.5) is 19.0 Å². The highest BCUT2D eigenvalue weighted by Gasteiger charge is 2.35. The Labute approximate surface area is 106 Å². The lowest BCUT2D eigenvalue weighted by Crippen LogP contribution is -2.20. The Morgan fingerprint density at radius 1 is 1.05 bits per heavy atom. The number of aromatic nitrogens is 2. The van der Waals surface area contributed by atoms with E-state index in [9.17, 15) is 18.0 Å². The largest absolute Gasteiger partial charge is 0.418 e. The van der Waals surface area contributed by atoms with Crippen LogP contribution in [0.3, 0.4) is 0 Å². The molecule has 0 atom stereocenters. The van der Waals surface area contributed by atoms with Crippen LogP contribution in [0, 0.1) is 0 Å². The van der Waals surface area contributed by atoms with Gasteiger partial charge in [0, 0.05) is 12.4 Å². The Morgan fingerprint density at radius 3 is 2.42 bits per heavy atom. The van der Waals surface area contributed by atoms with E-state index in [0.717, 1.165) is 18.3 Å². The average molecular weight is 267 g/mol. The molecular weight excluding hydrogens is 259 g/mol. The first-order valence-electron chi connectivity index (χ1n) is 5.23. The van der Waals surface area contributed by atoms with Gasteiger partial charge in [-0.05, 0) is 24.3 Å². The van der Waals surface area contributed by atoms with Gasteiger partial charge in [0.15, 0.2) is 0 Å². The normalized spacial score (nSPS) is 11.1. The third kappa shape index (κ3) is 3.06. The summed E-state index contributed by atoms with van der Waals surface area (Å²) in [5, 5.41) is 2.26. The lowest BCUT2D eigenvalue weighted by atomic mass is 10.2. The molecule has 4 nitrogen and oxygen atoms in total. The molecule has 98 valence electrons. The molecule has 1 amide bonds. The number of anilines is 1. The molecule has 0 aliphatic rings. The number of rotatable bonds is 2. The lowest BCUT2D eigenvalue weighted by molar-refractivity contribution is -0.138. The van der Waals surface area contributed by atoms with E-state index in [1.807, 2.05) is 0 Å². The van der Waals surface area contributed by atoms with Crippen LogP contribution >= 0.6 is 0 Å². The fourth-order valence-electron chi connectivity index (χ4n) is 1.43. The van der Waals surface area contributed by atoms with Crippen molar-refractivity contribution in [3.63, 3.8) is 0 Å². The lowest BCUT2D eigenvalue weighted by Gasteiger charge is -2.11. The zero-order valence-corrected chi connectivity index (χ0v) is 9.48. The van der Waals surface area contributed by atoms with E-state index in [0.29, 0.717) is 0 Å². The van der Waals surface area contributed by atoms with Crippen molar-refractivity contribution in [2.45, 2.75) is 6.18 Å². The SMILES string of the molecule is O=C(Nc1ccccn1)c1ncccc1C(F)(F)F. The van der Waals surface area contributed by atoms with E-state index in [1.165, 1.54) is 12.3 Å². The molecule has 2 rings (SSSR count). The maximum absolute atomic E-state index is 12.7. The molecule has 2 heterocycles. The molecule has 2 aromatic heterocycles. The molecule has 7 heteroatoms. The zero-order valence-electron chi connectivity index (χ0n) is 9.48. The van der Waals surface area contributed by atoms with Gasteiger partial charge in [-0.25, -0.2) is 4.98 Å². The number of carbonyl (C=O) groups excluding carboxylic acids is 1. The number of alkyl halides is 3. The minimum Gasteiger partial charge on any atom is -0.305 e. The van der Waals surface area contributed by atoms with E-state index in [-0.39, 0.29) is 5.82 Å². The van der Waals surface area contributed by atoms with Gasteiger partial charge in [-0.2, -0.15) is 13.2 Å². The Kier molecular flexibility index (Phi) is 3.46. The monoisotopic (exact) mass is 267 g/mol. The molecule has 1 N–H and O–H groups in total. The Balaban J connectivity index is 2.30. The van der Waals surface area contributed by atoms with Crippen LogP contribution in [0.5, 0.6) is 0 Å². The average Bonchev–Trinajstić information content (AvgIpc) is 2.39. The molecule has 0 aromatic carbocycles. The summed E-state index contributed by atoms with van der Waals surface area (Å²) < 4.78 is 38.1. The molecule has 0 aliphatic carbocycles. The molecule has 0 radical (unpaired) electrons. The maximum atomic E-state index is 12.7. The van der Waals surface area contributed by atoms with Crippen LogP contribution in [0.25, 0.3) is 0 Å². The number of nitrogens with one attached hydrogen (secondary N) is 1. The van der Waals surface area contributed by atoms with Crippen molar-refractivity contribution in [1.29, 1.82) is 0 Å². The van der Waals surface area contributed by atoms with Crippen molar-refractivity contribution in [1.82, 2.24) is 9.97 Å². The predicted octanol–water partition coefficient (Wildman–Crippen LogP) is 2.75. The number of nitrogens with zero attached hydrogens (tertiary/aromatic N) is 2. The van der Waals surface area contributed by atoms with Crippen molar-refractivity contribution >= 4 is 11.7 Å². The second kappa shape index (κ2) is 5.05. The Hall–Kier alpha value is -2.44. The van der Waals surface area contributed by atoms with Crippen molar-refractivity contribution < 1.29 is 18.0 Å². The fourth-order valence-corrected chi connectivity index (χ4v) is 1.43. The Bertz CT molecular complexity index is 584. The van der Waals surface area contributed by atoms with E-state index in [2.05, 4.69) is 15.3 Å². The summed E-state index contributed by atoms with van der Waals surface area (Å²) in [7, 11) is 0. The number of amides is 1. The second-order valence-corrected chi connectivity index (χ2v) is 3.57. The molecule has 0 saturated heterocycles. The highest BCUT2D eigenvalue weighted by Crippen LogP contribution is 2.31. The predicted molar refractivity (Wildman–Crippen MR) is 61.4 cm³/mol. The molecule has 0 fully saturated rings. The third-order valence-corrected chi connectivity index (χ3v) is 2.23. The summed E-state index contributed by atoms with van der Waals surface area (Å²) in [6.45, 7) is 0. The van der Waals surface area contributed by atoms with Crippen molar-refractivity contribution in [3.8, 4) is 0 Å². The minimum absolute atomic E-state index is 0.159. The van der Waals surface area contributed by atoms with Crippen molar-refractivity contribution in [2.24, 2.45) is 0 Å². The molecule has 0 spiro atoms. The molecule has 0 aliphatic heterocycles. The van der Waals surface area contributed by atoms with Crippen LogP contribution in [-0.2, 0) is 6.18 Å². The van der Waals surface area contributed by atoms with E-state index >= 15 is 0 Å². The maximum Gasteiger partial charge on any atom is 0.418 e. The van der Waals surface area contributed by atoms with E-state index in [1.54, 1.807) is 12.1 Å². The molecule has 0 unspecified atom stereocenters. The number of carbonyl (C=O) groups is 1. The third-order valence-electron chi connectivity index (χ3n) is 2.23. The van der Waals surface area contributed by atoms with Gasteiger partial charge in [-0.1, -0.05) is 6.07 Å². The number of hydrogen-bond acceptors (Lipinski definition) is 3. The van der Waals surface area contributed by atoms with Gasteiger partial charge in [0.05, 0.1) is 5.56 Å². The van der Waals surface area contributed by atoms with Gasteiger partial charge in [-0.3, -0.25) is 9.78 Å². The molecule has 19 heavy (non-hydrogen) atoms. The zero-order chi connectivity index (χ0) is 13.9. The van der Waals surface area contributed by atoms with Crippen LogP contribution in [-0.4, -0.2) is 15.9 Å². The molecule has 2 aromatic rings. The Morgan fingerprint density at radius 2 is 1.79 bits per heavy atom. The molecule has 0 saturated carbocycles. The van der Waals surface area contributed by atoms with Gasteiger partial charge in [0.2, 0.25) is 0 Å². The van der Waals surface area contributed by atoms with Crippen LogP contribution in [0.15, 0.2) is 42.7 Å². The number of pyridine rings is 2. The summed E-state index contributed by atoms with van der Waals surface area (Å²) in [6, 6.07) is 6.62. The van der Waals surface area contributed by atoms with E-state index in [4.69, 9.17) is 0 Å². The summed E-state index contributed by atoms with van der Waals surface area (Å²) in [5.41, 5.74) is -1.76. The van der Waals surface area contributed by atoms with Crippen LogP contribution in [0.2, 0.25) is 0 Å². The topological polar surface area (TPSA) is 54.9 Å². The number of hydrogen-bond donors (Lipinski definition) is 1. The fraction of sp³-hybridized carbons (Fsp3) is 0.0833. The molecule has 0 bridgehead atoms. The minimum atomic E-state index is -4.63. The highest BCUT2D eigenvalue weighted by molar-refractivity contribution is 6.03. The smallest absolute Gasteiger partial charge is 0.305 e. The summed E-state index contributed by atoms with van der Waals surface area (Å²) in [6.07, 6.45) is -2.09. The van der Waals surface area contributed by atoms with Gasteiger partial charge in [-0.15, -0.1) is 0 Å². The summed E-state index contributed by atoms with van der Waals surface area (Å²) in [5.74, 6) is -0.794. The first-order valence-corrected chi connectivity index (χ1v) is 5.23. The first kappa shape index (κ1) is 13.0. The van der Waals surface area contributed by atoms with Crippen molar-refractivity contribution in [3.05, 3.63) is 54.0 Å². The number of halogens is 3. The quantitative estimate of drug-likeness (QED) is 0.910. The van der Waals surface area contributed by atoms with Crippen LogP contribution < -0.4 is 5.32 Å². The van der Waals surface area contributed by atoms with Crippen LogP contribution in [0.1, 0.15) is 16.1 Å². The highest BCUT2D eigenvalue weighted by atomic mass is 19.4. The van der Waals surface area contributed by atoms with Gasteiger partial charge >= 0.3 is 6.18 Å². The first-order chi connectivity index (χ1) is 8.98. The van der Waals surface area contributed by atoms with Gasteiger partial charge in [0.1, 0.15) is 11.5 Å². The standard InChI is InChI=1S/C12H8F3N3O/c13-12(14,15)8-4-3-7-17-10(8)11(19)18-9-5-1-2-6-16-9/h1-7H,(H,16,18,19).